The highest BCUT2D eigenvalue weighted by atomic mass is 15.2. The molecular formula is C57H65BN2. The first kappa shape index (κ1) is 36.8. The van der Waals surface area contributed by atoms with E-state index in [1.165, 1.54) is 38.7 Å². The highest BCUT2D eigenvalue weighted by Crippen LogP contribution is 2.52. The molecule has 6 aromatic carbocycles. The molecule has 0 fully saturated rings. The lowest BCUT2D eigenvalue weighted by Gasteiger charge is -2.48. The summed E-state index contributed by atoms with van der Waals surface area (Å²) in [6.07, 6.45) is 2.20. The standard InChI is InChI=1S/C57H65BN2/c1-36-29-50-52-51(30-36)60(47-26-24-39(54(5,6)7)32-42(47)37-19-16-15-17-20-37)49-35-44-43(56(11,12)27-28-57(44,13)14)34-46(49)58(52)45-25-23-40(55(8,9)10)33-48(45)59(50)41-22-18-21-38(31-41)53(2,3)4/h15-26,29-35H,27-28H2,1-14H3/i1D3. The first-order valence-corrected chi connectivity index (χ1v) is 22.2. The van der Waals surface area contributed by atoms with Gasteiger partial charge in [0.25, 0.3) is 6.71 Å². The number of benzene rings is 6. The SMILES string of the molecule is [2H]C([2H])([2H])c1cc2c3c(c1)N(c1ccc(C(C)(C)C)cc1-c1ccccc1)c1cc4c(cc1B3c1ccc(C(C)(C)C)cc1N2c1cccc(C(C)(C)C)c1)C(C)(C)CCC4(C)C. The maximum Gasteiger partial charge on any atom is 0.252 e. The molecule has 0 saturated heterocycles. The normalized spacial score (nSPS) is 17.5. The summed E-state index contributed by atoms with van der Waals surface area (Å²) in [5.74, 6) is 0. The zero-order chi connectivity index (χ0) is 45.4. The first-order valence-electron chi connectivity index (χ1n) is 23.7. The molecule has 0 N–H and O–H groups in total. The zero-order valence-electron chi connectivity index (χ0n) is 41.4. The van der Waals surface area contributed by atoms with Crippen LogP contribution < -0.4 is 26.2 Å². The van der Waals surface area contributed by atoms with Gasteiger partial charge in [-0.25, -0.2) is 0 Å². The molecule has 60 heavy (non-hydrogen) atoms. The third-order valence-corrected chi connectivity index (χ3v) is 14.1. The van der Waals surface area contributed by atoms with Crippen molar-refractivity contribution < 1.29 is 4.11 Å². The third kappa shape index (κ3) is 6.54. The van der Waals surface area contributed by atoms with Crippen molar-refractivity contribution in [2.45, 2.75) is 137 Å². The van der Waals surface area contributed by atoms with E-state index in [1.54, 1.807) is 0 Å². The Morgan fingerprint density at radius 1 is 0.500 bits per heavy atom. The topological polar surface area (TPSA) is 6.48 Å². The van der Waals surface area contributed by atoms with Crippen molar-refractivity contribution >= 4 is 57.2 Å². The van der Waals surface area contributed by atoms with Crippen molar-refractivity contribution in [1.82, 2.24) is 0 Å². The Kier molecular flexibility index (Phi) is 8.28. The summed E-state index contributed by atoms with van der Waals surface area (Å²) >= 11 is 0. The van der Waals surface area contributed by atoms with E-state index in [-0.39, 0.29) is 33.8 Å². The van der Waals surface area contributed by atoms with Crippen molar-refractivity contribution in [2.24, 2.45) is 0 Å². The van der Waals surface area contributed by atoms with E-state index in [0.717, 1.165) is 63.6 Å². The summed E-state index contributed by atoms with van der Waals surface area (Å²) in [7, 11) is 0. The minimum absolute atomic E-state index is 0.0183. The number of nitrogens with zero attached hydrogens (tertiary/aromatic N) is 2. The van der Waals surface area contributed by atoms with Gasteiger partial charge in [-0.15, -0.1) is 0 Å². The lowest BCUT2D eigenvalue weighted by atomic mass is 9.33. The van der Waals surface area contributed by atoms with E-state index in [0.29, 0.717) is 5.56 Å². The predicted molar refractivity (Wildman–Crippen MR) is 262 cm³/mol. The van der Waals surface area contributed by atoms with E-state index in [4.69, 9.17) is 4.11 Å². The molecule has 0 aromatic heterocycles. The van der Waals surface area contributed by atoms with Crippen LogP contribution in [0.2, 0.25) is 0 Å². The Balaban J connectivity index is 1.47. The molecular weight excluding hydrogens is 723 g/mol. The minimum atomic E-state index is -2.36. The molecule has 0 radical (unpaired) electrons. The Hall–Kier alpha value is -5.02. The van der Waals surface area contributed by atoms with Crippen molar-refractivity contribution in [3.05, 3.63) is 149 Å². The van der Waals surface area contributed by atoms with Crippen LogP contribution in [0.5, 0.6) is 0 Å². The predicted octanol–water partition coefficient (Wildman–Crippen LogP) is 14.0. The molecule has 3 heteroatoms. The molecule has 0 spiro atoms. The summed E-state index contributed by atoms with van der Waals surface area (Å²) in [5, 5.41) is 0. The molecule has 9 rings (SSSR count). The van der Waals surface area contributed by atoms with Gasteiger partial charge >= 0.3 is 0 Å². The van der Waals surface area contributed by atoms with Crippen LogP contribution in [-0.4, -0.2) is 6.71 Å². The van der Waals surface area contributed by atoms with Gasteiger partial charge < -0.3 is 9.80 Å². The smallest absolute Gasteiger partial charge is 0.252 e. The molecule has 3 aliphatic rings. The van der Waals surface area contributed by atoms with Crippen LogP contribution in [-0.2, 0) is 27.1 Å². The van der Waals surface area contributed by atoms with Crippen molar-refractivity contribution in [3.63, 3.8) is 0 Å². The van der Waals surface area contributed by atoms with Gasteiger partial charge in [0.15, 0.2) is 0 Å². The highest BCUT2D eigenvalue weighted by molar-refractivity contribution is 7.00. The molecule has 0 amide bonds. The van der Waals surface area contributed by atoms with Crippen LogP contribution in [0.15, 0.2) is 115 Å². The van der Waals surface area contributed by atoms with Gasteiger partial charge in [-0.3, -0.25) is 0 Å². The monoisotopic (exact) mass is 792 g/mol. The molecule has 0 saturated carbocycles. The molecule has 306 valence electrons. The zero-order valence-corrected chi connectivity index (χ0v) is 38.4. The summed E-state index contributed by atoms with van der Waals surface area (Å²) in [4.78, 5) is 4.84. The van der Waals surface area contributed by atoms with Crippen molar-refractivity contribution in [1.29, 1.82) is 0 Å². The Morgan fingerprint density at radius 2 is 1.07 bits per heavy atom. The lowest BCUT2D eigenvalue weighted by molar-refractivity contribution is 0.332. The molecule has 1 aliphatic carbocycles. The summed E-state index contributed by atoms with van der Waals surface area (Å²) in [6, 6.07) is 42.7. The van der Waals surface area contributed by atoms with Crippen LogP contribution in [0.25, 0.3) is 11.1 Å². The van der Waals surface area contributed by atoms with Gasteiger partial charge in [0, 0.05) is 38.1 Å². The van der Waals surface area contributed by atoms with Crippen LogP contribution in [0, 0.1) is 6.85 Å². The second-order valence-corrected chi connectivity index (χ2v) is 22.4. The number of aryl methyl sites for hydroxylation is 1. The van der Waals surface area contributed by atoms with Gasteiger partial charge in [0.1, 0.15) is 0 Å². The van der Waals surface area contributed by atoms with Gasteiger partial charge in [-0.1, -0.05) is 157 Å². The van der Waals surface area contributed by atoms with Crippen LogP contribution in [0.3, 0.4) is 0 Å². The molecule has 0 bridgehead atoms. The third-order valence-electron chi connectivity index (χ3n) is 14.1. The Labute approximate surface area is 366 Å². The maximum atomic E-state index is 9.08. The number of hydrogen-bond donors (Lipinski definition) is 0. The van der Waals surface area contributed by atoms with Gasteiger partial charge in [0.05, 0.1) is 5.69 Å². The fraction of sp³-hybridized carbons (Fsp3) is 0.368. The molecule has 0 atom stereocenters. The number of hydrogen-bond acceptors (Lipinski definition) is 2. The number of rotatable bonds is 3. The van der Waals surface area contributed by atoms with E-state index >= 15 is 0 Å². The molecule has 0 unspecified atom stereocenters. The molecule has 2 heterocycles. The highest BCUT2D eigenvalue weighted by Gasteiger charge is 2.47. The average Bonchev–Trinajstić information content (AvgIpc) is 3.20. The van der Waals surface area contributed by atoms with Crippen molar-refractivity contribution in [3.8, 4) is 11.1 Å². The Bertz CT molecular complexity index is 2790. The second-order valence-electron chi connectivity index (χ2n) is 22.4. The molecule has 2 nitrogen and oxygen atoms in total. The minimum Gasteiger partial charge on any atom is -0.311 e. The summed E-state index contributed by atoms with van der Waals surface area (Å²) in [6.45, 7) is 27.6. The fourth-order valence-corrected chi connectivity index (χ4v) is 10.2. The summed E-state index contributed by atoms with van der Waals surface area (Å²) < 4.78 is 27.3. The van der Waals surface area contributed by atoms with Gasteiger partial charge in [-0.2, -0.15) is 0 Å². The lowest BCUT2D eigenvalue weighted by Crippen LogP contribution is -2.62. The maximum absolute atomic E-state index is 9.08. The van der Waals surface area contributed by atoms with Gasteiger partial charge in [0.2, 0.25) is 0 Å². The van der Waals surface area contributed by atoms with Crippen molar-refractivity contribution in [2.75, 3.05) is 9.80 Å². The Morgan fingerprint density at radius 3 is 1.70 bits per heavy atom. The second kappa shape index (κ2) is 13.5. The average molecular weight is 792 g/mol. The quantitative estimate of drug-likeness (QED) is 0.164. The fourth-order valence-electron chi connectivity index (χ4n) is 10.2. The van der Waals surface area contributed by atoms with Crippen LogP contribution >= 0.6 is 0 Å². The van der Waals surface area contributed by atoms with E-state index < -0.39 is 6.85 Å². The molecule has 6 aromatic rings. The number of anilines is 6. The first-order chi connectivity index (χ1) is 29.3. The van der Waals surface area contributed by atoms with Crippen LogP contribution in [0.4, 0.5) is 34.1 Å². The van der Waals surface area contributed by atoms with E-state index in [1.807, 2.05) is 12.1 Å². The largest absolute Gasteiger partial charge is 0.311 e. The molecule has 2 aliphatic heterocycles. The van der Waals surface area contributed by atoms with Gasteiger partial charge in [-0.05, 0) is 151 Å². The van der Waals surface area contributed by atoms with Crippen LogP contribution in [0.1, 0.15) is 140 Å². The van der Waals surface area contributed by atoms with E-state index in [9.17, 15) is 0 Å². The van der Waals surface area contributed by atoms with E-state index in [2.05, 4.69) is 203 Å². The number of fused-ring (bicyclic) bond motifs is 5. The summed E-state index contributed by atoms with van der Waals surface area (Å²) in [5.41, 5.74) is 18.6.